The Labute approximate surface area is 109 Å². The lowest BCUT2D eigenvalue weighted by Gasteiger charge is -2.09. The first-order valence-corrected chi connectivity index (χ1v) is 5.76. The van der Waals surface area contributed by atoms with E-state index in [1.54, 1.807) is 6.07 Å². The maximum Gasteiger partial charge on any atom is 0.323 e. The fourth-order valence-electron chi connectivity index (χ4n) is 1.47. The highest BCUT2D eigenvalue weighted by molar-refractivity contribution is 5.58. The molecule has 6 nitrogen and oxygen atoms in total. The van der Waals surface area contributed by atoms with Crippen LogP contribution in [-0.4, -0.2) is 21.6 Å². The average Bonchev–Trinajstić information content (AvgIpc) is 2.33. The molecule has 0 bridgehead atoms. The van der Waals surface area contributed by atoms with E-state index in [1.165, 1.54) is 12.1 Å². The third-order valence-electron chi connectivity index (χ3n) is 2.35. The van der Waals surface area contributed by atoms with Crippen molar-refractivity contribution in [2.75, 3.05) is 17.7 Å². The second-order valence-corrected chi connectivity index (χ2v) is 3.82. The summed E-state index contributed by atoms with van der Waals surface area (Å²) in [5.41, 5.74) is 6.98. The van der Waals surface area contributed by atoms with E-state index in [0.717, 1.165) is 5.56 Å². The maximum atomic E-state index is 13.2. The number of aryl methyl sites for hydroxylation is 1. The van der Waals surface area contributed by atoms with E-state index in [2.05, 4.69) is 20.3 Å². The van der Waals surface area contributed by atoms with Gasteiger partial charge >= 0.3 is 6.01 Å². The molecule has 2 aromatic rings. The summed E-state index contributed by atoms with van der Waals surface area (Å²) in [5, 5.41) is 2.89. The summed E-state index contributed by atoms with van der Waals surface area (Å²) in [4.78, 5) is 11.8. The first kappa shape index (κ1) is 13.0. The van der Waals surface area contributed by atoms with Gasteiger partial charge in [-0.2, -0.15) is 15.0 Å². The molecule has 0 aliphatic heterocycles. The number of ether oxygens (including phenoxy) is 1. The van der Waals surface area contributed by atoms with Crippen molar-refractivity contribution < 1.29 is 9.13 Å². The van der Waals surface area contributed by atoms with Crippen LogP contribution in [-0.2, 0) is 0 Å². The van der Waals surface area contributed by atoms with E-state index >= 15 is 0 Å². The van der Waals surface area contributed by atoms with E-state index < -0.39 is 0 Å². The smallest absolute Gasteiger partial charge is 0.323 e. The molecular formula is C12H14FN5O. The Morgan fingerprint density at radius 3 is 2.84 bits per heavy atom. The zero-order valence-electron chi connectivity index (χ0n) is 10.6. The fraction of sp³-hybridized carbons (Fsp3) is 0.250. The minimum atomic E-state index is -0.347. The molecule has 0 aliphatic rings. The van der Waals surface area contributed by atoms with Crippen molar-refractivity contribution in [3.8, 4) is 6.01 Å². The van der Waals surface area contributed by atoms with E-state index in [1.807, 2.05) is 13.8 Å². The second kappa shape index (κ2) is 5.47. The lowest BCUT2D eigenvalue weighted by molar-refractivity contribution is 0.312. The van der Waals surface area contributed by atoms with Crippen LogP contribution in [0.3, 0.4) is 0 Å². The highest BCUT2D eigenvalue weighted by atomic mass is 19.1. The van der Waals surface area contributed by atoms with Gasteiger partial charge in [0.15, 0.2) is 0 Å². The van der Waals surface area contributed by atoms with Gasteiger partial charge in [-0.25, -0.2) is 4.39 Å². The highest BCUT2D eigenvalue weighted by Crippen LogP contribution is 2.20. The number of halogens is 1. The van der Waals surface area contributed by atoms with Crippen LogP contribution in [0, 0.1) is 12.7 Å². The summed E-state index contributed by atoms with van der Waals surface area (Å²) in [6.07, 6.45) is 0. The molecule has 0 fully saturated rings. The summed E-state index contributed by atoms with van der Waals surface area (Å²) in [6.45, 7) is 4.07. The third kappa shape index (κ3) is 3.27. The zero-order chi connectivity index (χ0) is 13.8. The van der Waals surface area contributed by atoms with E-state index in [0.29, 0.717) is 12.3 Å². The van der Waals surface area contributed by atoms with Crippen LogP contribution >= 0.6 is 0 Å². The predicted molar refractivity (Wildman–Crippen MR) is 69.8 cm³/mol. The minimum Gasteiger partial charge on any atom is -0.464 e. The Balaban J connectivity index is 2.29. The number of nitrogen functional groups attached to an aromatic ring is 1. The van der Waals surface area contributed by atoms with Crippen LogP contribution in [0.15, 0.2) is 18.2 Å². The number of hydrogen-bond donors (Lipinski definition) is 2. The Morgan fingerprint density at radius 1 is 1.32 bits per heavy atom. The molecule has 0 radical (unpaired) electrons. The van der Waals surface area contributed by atoms with Crippen LogP contribution in [0.25, 0.3) is 0 Å². The molecule has 0 atom stereocenters. The summed E-state index contributed by atoms with van der Waals surface area (Å²) >= 11 is 0. The molecule has 0 unspecified atom stereocenters. The average molecular weight is 263 g/mol. The molecule has 100 valence electrons. The molecule has 1 aromatic heterocycles. The first-order chi connectivity index (χ1) is 9.08. The summed E-state index contributed by atoms with van der Waals surface area (Å²) < 4.78 is 18.3. The van der Waals surface area contributed by atoms with Gasteiger partial charge < -0.3 is 15.8 Å². The van der Waals surface area contributed by atoms with Crippen LogP contribution in [0.2, 0.25) is 0 Å². The van der Waals surface area contributed by atoms with Gasteiger partial charge in [0, 0.05) is 5.69 Å². The molecule has 3 N–H and O–H groups in total. The molecule has 0 amide bonds. The van der Waals surface area contributed by atoms with Crippen LogP contribution in [0.1, 0.15) is 12.5 Å². The molecule has 2 rings (SSSR count). The molecule has 1 aromatic carbocycles. The topological polar surface area (TPSA) is 86.0 Å². The van der Waals surface area contributed by atoms with Crippen molar-refractivity contribution >= 4 is 17.6 Å². The minimum absolute atomic E-state index is 0.0370. The van der Waals surface area contributed by atoms with Crippen molar-refractivity contribution in [3.05, 3.63) is 29.6 Å². The summed E-state index contributed by atoms with van der Waals surface area (Å²) in [5.74, 6) is -0.0974. The lowest BCUT2D eigenvalue weighted by Crippen LogP contribution is -2.07. The largest absolute Gasteiger partial charge is 0.464 e. The van der Waals surface area contributed by atoms with Crippen LogP contribution in [0.5, 0.6) is 6.01 Å². The van der Waals surface area contributed by atoms with Gasteiger partial charge in [-0.15, -0.1) is 0 Å². The molecule has 7 heteroatoms. The van der Waals surface area contributed by atoms with Crippen LogP contribution < -0.4 is 15.8 Å². The number of anilines is 3. The SMILES string of the molecule is CCOc1nc(N)nc(Nc2cc(F)ccc2C)n1. The Bertz CT molecular complexity index is 590. The van der Waals surface area contributed by atoms with Gasteiger partial charge in [0.05, 0.1) is 6.61 Å². The fourth-order valence-corrected chi connectivity index (χ4v) is 1.47. The van der Waals surface area contributed by atoms with Crippen molar-refractivity contribution in [2.24, 2.45) is 0 Å². The third-order valence-corrected chi connectivity index (χ3v) is 2.35. The number of nitrogens with two attached hydrogens (primary N) is 1. The van der Waals surface area contributed by atoms with Crippen molar-refractivity contribution in [1.82, 2.24) is 15.0 Å². The van der Waals surface area contributed by atoms with Gasteiger partial charge in [-0.3, -0.25) is 0 Å². The monoisotopic (exact) mass is 263 g/mol. The maximum absolute atomic E-state index is 13.2. The number of nitrogens with zero attached hydrogens (tertiary/aromatic N) is 3. The quantitative estimate of drug-likeness (QED) is 0.878. The molecule has 0 spiro atoms. The van der Waals surface area contributed by atoms with Crippen molar-refractivity contribution in [2.45, 2.75) is 13.8 Å². The van der Waals surface area contributed by atoms with E-state index in [9.17, 15) is 4.39 Å². The Kier molecular flexibility index (Phi) is 3.74. The van der Waals surface area contributed by atoms with E-state index in [4.69, 9.17) is 10.5 Å². The molecule has 0 aliphatic carbocycles. The molecule has 0 saturated heterocycles. The van der Waals surface area contributed by atoms with E-state index in [-0.39, 0.29) is 23.7 Å². The number of aromatic nitrogens is 3. The Hall–Kier alpha value is -2.44. The standard InChI is InChI=1S/C12H14FN5O/c1-3-19-12-17-10(14)16-11(18-12)15-9-6-8(13)5-4-7(9)2/h4-6H,3H2,1-2H3,(H3,14,15,16,17,18). The summed E-state index contributed by atoms with van der Waals surface area (Å²) in [6, 6.07) is 4.53. The predicted octanol–water partition coefficient (Wildman–Crippen LogP) is 2.04. The molecular weight excluding hydrogens is 249 g/mol. The first-order valence-electron chi connectivity index (χ1n) is 5.76. The molecule has 0 saturated carbocycles. The van der Waals surface area contributed by atoms with Gasteiger partial charge in [0.1, 0.15) is 5.82 Å². The van der Waals surface area contributed by atoms with Gasteiger partial charge in [-0.1, -0.05) is 6.07 Å². The normalized spacial score (nSPS) is 10.3. The number of nitrogens with one attached hydrogen (secondary N) is 1. The van der Waals surface area contributed by atoms with Crippen LogP contribution in [0.4, 0.5) is 22.0 Å². The highest BCUT2D eigenvalue weighted by Gasteiger charge is 2.07. The number of hydrogen-bond acceptors (Lipinski definition) is 6. The number of benzene rings is 1. The van der Waals surface area contributed by atoms with Crippen molar-refractivity contribution in [3.63, 3.8) is 0 Å². The molecule has 19 heavy (non-hydrogen) atoms. The van der Waals surface area contributed by atoms with Gasteiger partial charge in [0.25, 0.3) is 0 Å². The Morgan fingerprint density at radius 2 is 2.11 bits per heavy atom. The summed E-state index contributed by atoms with van der Waals surface area (Å²) in [7, 11) is 0. The zero-order valence-corrected chi connectivity index (χ0v) is 10.6. The lowest BCUT2D eigenvalue weighted by atomic mass is 10.2. The molecule has 1 heterocycles. The van der Waals surface area contributed by atoms with Gasteiger partial charge in [0.2, 0.25) is 11.9 Å². The second-order valence-electron chi connectivity index (χ2n) is 3.82. The van der Waals surface area contributed by atoms with Crippen molar-refractivity contribution in [1.29, 1.82) is 0 Å². The number of rotatable bonds is 4. The van der Waals surface area contributed by atoms with Gasteiger partial charge in [-0.05, 0) is 31.5 Å².